The minimum absolute atomic E-state index is 0.415. The fraction of sp³-hybridized carbons (Fsp3) is 0.700. The van der Waals surface area contributed by atoms with E-state index in [4.69, 9.17) is 0 Å². The van der Waals surface area contributed by atoms with Crippen LogP contribution in [0.1, 0.15) is 77.1 Å². The first kappa shape index (κ1) is 18.2. The van der Waals surface area contributed by atoms with Crippen LogP contribution in [0.4, 0.5) is 0 Å². The number of hydrogen-bond donors (Lipinski definition) is 1. The van der Waals surface area contributed by atoms with Gasteiger partial charge in [0, 0.05) is 6.04 Å². The molecule has 1 aromatic carbocycles. The molecule has 0 spiro atoms. The zero-order chi connectivity index (χ0) is 16.0. The Labute approximate surface area is 132 Å². The van der Waals surface area contributed by atoms with E-state index >= 15 is 0 Å². The standard InChI is InChI=1S/C20H35N/c1-8-16-10-11-18(13-17(16)9-2)19(21-7)12-15(3)14-20(4,5)6/h10-11,13,15,19,21H,8-9,12,14H2,1-7H3. The van der Waals surface area contributed by atoms with Gasteiger partial charge in [-0.3, -0.25) is 0 Å². The topological polar surface area (TPSA) is 12.0 Å². The largest absolute Gasteiger partial charge is 0.313 e. The Morgan fingerprint density at radius 1 is 1.05 bits per heavy atom. The van der Waals surface area contributed by atoms with Crippen molar-refractivity contribution in [3.05, 3.63) is 34.9 Å². The van der Waals surface area contributed by atoms with E-state index in [0.717, 1.165) is 18.8 Å². The van der Waals surface area contributed by atoms with Gasteiger partial charge < -0.3 is 5.32 Å². The Morgan fingerprint density at radius 3 is 2.14 bits per heavy atom. The maximum absolute atomic E-state index is 3.52. The van der Waals surface area contributed by atoms with E-state index in [1.807, 2.05) is 0 Å². The molecule has 1 aromatic rings. The van der Waals surface area contributed by atoms with Crippen LogP contribution in [0.2, 0.25) is 0 Å². The van der Waals surface area contributed by atoms with Gasteiger partial charge in [0.15, 0.2) is 0 Å². The van der Waals surface area contributed by atoms with E-state index in [1.165, 1.54) is 29.5 Å². The fourth-order valence-electron chi connectivity index (χ4n) is 3.49. The number of rotatable bonds is 7. The molecule has 2 atom stereocenters. The summed E-state index contributed by atoms with van der Waals surface area (Å²) in [6.07, 6.45) is 4.75. The number of nitrogens with one attached hydrogen (secondary N) is 1. The molecule has 1 heteroatoms. The lowest BCUT2D eigenvalue weighted by Gasteiger charge is -2.27. The highest BCUT2D eigenvalue weighted by Gasteiger charge is 2.19. The van der Waals surface area contributed by atoms with Crippen molar-refractivity contribution in [1.82, 2.24) is 5.32 Å². The molecule has 0 aliphatic carbocycles. The minimum atomic E-state index is 0.415. The summed E-state index contributed by atoms with van der Waals surface area (Å²) in [6, 6.07) is 7.54. The molecule has 120 valence electrons. The Hall–Kier alpha value is -0.820. The molecule has 0 aromatic heterocycles. The van der Waals surface area contributed by atoms with Crippen molar-refractivity contribution in [2.75, 3.05) is 7.05 Å². The highest BCUT2D eigenvalue weighted by molar-refractivity contribution is 5.33. The van der Waals surface area contributed by atoms with E-state index in [9.17, 15) is 0 Å². The third-order valence-corrected chi connectivity index (χ3v) is 4.34. The van der Waals surface area contributed by atoms with Gasteiger partial charge in [-0.15, -0.1) is 0 Å². The molecule has 1 N–H and O–H groups in total. The zero-order valence-electron chi connectivity index (χ0n) is 15.2. The van der Waals surface area contributed by atoms with Crippen LogP contribution in [0, 0.1) is 11.3 Å². The SMILES string of the molecule is CCc1ccc(C(CC(C)CC(C)(C)C)NC)cc1CC. The van der Waals surface area contributed by atoms with Crippen molar-refractivity contribution in [3.8, 4) is 0 Å². The van der Waals surface area contributed by atoms with Crippen LogP contribution in [0.25, 0.3) is 0 Å². The molecule has 0 aliphatic heterocycles. The van der Waals surface area contributed by atoms with Gasteiger partial charge >= 0.3 is 0 Å². The molecule has 0 radical (unpaired) electrons. The number of benzene rings is 1. The van der Waals surface area contributed by atoms with Crippen molar-refractivity contribution in [3.63, 3.8) is 0 Å². The molecule has 0 bridgehead atoms. The molecule has 0 amide bonds. The van der Waals surface area contributed by atoms with Crippen LogP contribution >= 0.6 is 0 Å². The molecular formula is C20H35N. The van der Waals surface area contributed by atoms with Gasteiger partial charge in [-0.1, -0.05) is 59.7 Å². The van der Waals surface area contributed by atoms with E-state index in [2.05, 4.69) is 72.1 Å². The highest BCUT2D eigenvalue weighted by atomic mass is 14.9. The molecule has 21 heavy (non-hydrogen) atoms. The van der Waals surface area contributed by atoms with E-state index in [1.54, 1.807) is 0 Å². The quantitative estimate of drug-likeness (QED) is 0.695. The van der Waals surface area contributed by atoms with Crippen LogP contribution in [0.15, 0.2) is 18.2 Å². The average molecular weight is 290 g/mol. The summed E-state index contributed by atoms with van der Waals surface area (Å²) >= 11 is 0. The molecule has 0 heterocycles. The third kappa shape index (κ3) is 5.82. The minimum Gasteiger partial charge on any atom is -0.313 e. The van der Waals surface area contributed by atoms with Gasteiger partial charge in [-0.05, 0) is 60.8 Å². The molecular weight excluding hydrogens is 254 g/mol. The highest BCUT2D eigenvalue weighted by Crippen LogP contribution is 2.31. The van der Waals surface area contributed by atoms with Crippen molar-refractivity contribution in [2.45, 2.75) is 73.3 Å². The summed E-state index contributed by atoms with van der Waals surface area (Å²) in [5, 5.41) is 3.52. The summed E-state index contributed by atoms with van der Waals surface area (Å²) in [7, 11) is 2.09. The van der Waals surface area contributed by atoms with Crippen LogP contribution in [-0.4, -0.2) is 7.05 Å². The third-order valence-electron chi connectivity index (χ3n) is 4.34. The van der Waals surface area contributed by atoms with Gasteiger partial charge in [-0.2, -0.15) is 0 Å². The van der Waals surface area contributed by atoms with Gasteiger partial charge in [0.1, 0.15) is 0 Å². The summed E-state index contributed by atoms with van der Waals surface area (Å²) in [5.74, 6) is 0.735. The summed E-state index contributed by atoms with van der Waals surface area (Å²) in [4.78, 5) is 0. The summed E-state index contributed by atoms with van der Waals surface area (Å²) in [6.45, 7) is 13.9. The van der Waals surface area contributed by atoms with Crippen molar-refractivity contribution in [1.29, 1.82) is 0 Å². The van der Waals surface area contributed by atoms with E-state index < -0.39 is 0 Å². The van der Waals surface area contributed by atoms with Crippen molar-refractivity contribution >= 4 is 0 Å². The van der Waals surface area contributed by atoms with Gasteiger partial charge in [0.25, 0.3) is 0 Å². The smallest absolute Gasteiger partial charge is 0.0320 e. The average Bonchev–Trinajstić information content (AvgIpc) is 2.42. The maximum Gasteiger partial charge on any atom is 0.0320 e. The molecule has 0 saturated carbocycles. The van der Waals surface area contributed by atoms with Crippen LogP contribution < -0.4 is 5.32 Å². The van der Waals surface area contributed by atoms with Gasteiger partial charge in [0.2, 0.25) is 0 Å². The molecule has 1 rings (SSSR count). The second kappa shape index (κ2) is 7.98. The zero-order valence-corrected chi connectivity index (χ0v) is 15.2. The Bertz CT molecular complexity index is 428. The Balaban J connectivity index is 2.85. The lowest BCUT2D eigenvalue weighted by molar-refractivity contribution is 0.279. The molecule has 0 saturated heterocycles. The first-order valence-corrected chi connectivity index (χ1v) is 8.59. The predicted octanol–water partition coefficient (Wildman–Crippen LogP) is 5.53. The Kier molecular flexibility index (Phi) is 6.93. The second-order valence-electron chi connectivity index (χ2n) is 7.68. The lowest BCUT2D eigenvalue weighted by atomic mass is 9.81. The van der Waals surface area contributed by atoms with Crippen LogP contribution in [0.3, 0.4) is 0 Å². The predicted molar refractivity (Wildman–Crippen MR) is 94.9 cm³/mol. The molecule has 0 aliphatic rings. The first-order valence-electron chi connectivity index (χ1n) is 8.59. The molecule has 2 unspecified atom stereocenters. The Morgan fingerprint density at radius 2 is 1.67 bits per heavy atom. The van der Waals surface area contributed by atoms with E-state index in [-0.39, 0.29) is 0 Å². The summed E-state index contributed by atoms with van der Waals surface area (Å²) in [5.41, 5.74) is 4.88. The van der Waals surface area contributed by atoms with Crippen LogP contribution in [-0.2, 0) is 12.8 Å². The lowest BCUT2D eigenvalue weighted by Crippen LogP contribution is -2.21. The number of aryl methyl sites for hydroxylation is 2. The first-order chi connectivity index (χ1) is 9.80. The fourth-order valence-corrected chi connectivity index (χ4v) is 3.49. The maximum atomic E-state index is 3.52. The second-order valence-corrected chi connectivity index (χ2v) is 7.68. The van der Waals surface area contributed by atoms with Crippen LogP contribution in [0.5, 0.6) is 0 Å². The van der Waals surface area contributed by atoms with Gasteiger partial charge in [-0.25, -0.2) is 0 Å². The van der Waals surface area contributed by atoms with Gasteiger partial charge in [0.05, 0.1) is 0 Å². The number of hydrogen-bond acceptors (Lipinski definition) is 1. The monoisotopic (exact) mass is 289 g/mol. The van der Waals surface area contributed by atoms with E-state index in [0.29, 0.717) is 11.5 Å². The summed E-state index contributed by atoms with van der Waals surface area (Å²) < 4.78 is 0. The van der Waals surface area contributed by atoms with Crippen molar-refractivity contribution in [2.24, 2.45) is 11.3 Å². The molecule has 1 nitrogen and oxygen atoms in total. The normalized spacial score (nSPS) is 15.0. The van der Waals surface area contributed by atoms with Crippen molar-refractivity contribution < 1.29 is 0 Å². The molecule has 0 fully saturated rings.